The molecule has 5 aromatic rings. The number of fused-ring (bicyclic) bond motifs is 2. The van der Waals surface area contributed by atoms with Crippen molar-refractivity contribution in [2.24, 2.45) is 0 Å². The van der Waals surface area contributed by atoms with Gasteiger partial charge in [-0.25, -0.2) is 23.7 Å². The quantitative estimate of drug-likeness (QED) is 0.269. The van der Waals surface area contributed by atoms with Crippen molar-refractivity contribution >= 4 is 39.5 Å². The number of anilines is 3. The molecule has 0 bridgehead atoms. The Morgan fingerprint density at radius 3 is 2.41 bits per heavy atom. The lowest BCUT2D eigenvalue weighted by Crippen LogP contribution is -2.49. The summed E-state index contributed by atoms with van der Waals surface area (Å²) in [6, 6.07) is 11.4. The number of piperazine rings is 1. The largest absolute Gasteiger partial charge is 0.383 e. The highest BCUT2D eigenvalue weighted by Gasteiger charge is 2.30. The Labute approximate surface area is 236 Å². The first-order valence-electron chi connectivity index (χ1n) is 14.2. The number of imidazole rings is 1. The van der Waals surface area contributed by atoms with E-state index in [1.54, 1.807) is 6.33 Å². The third-order valence-electron chi connectivity index (χ3n) is 8.76. The third-order valence-corrected chi connectivity index (χ3v) is 8.76. The van der Waals surface area contributed by atoms with Crippen LogP contribution in [0.1, 0.15) is 31.7 Å². The SMILES string of the molecule is CN1CCN([C@H]2CC[C@@H](n3cc(-c4ccc(Nc5nc6ccc(F)c(F)c6[nH]5)cc4)c4c(N)ncnc43)CC2)CC1. The maximum absolute atomic E-state index is 14.1. The van der Waals surface area contributed by atoms with Gasteiger partial charge < -0.3 is 25.5 Å². The number of nitrogens with one attached hydrogen (secondary N) is 2. The molecule has 2 aliphatic rings. The summed E-state index contributed by atoms with van der Waals surface area (Å²) >= 11 is 0. The molecule has 4 heterocycles. The van der Waals surface area contributed by atoms with Gasteiger partial charge in [0.25, 0.3) is 0 Å². The molecule has 212 valence electrons. The lowest BCUT2D eigenvalue weighted by molar-refractivity contribution is 0.0828. The summed E-state index contributed by atoms with van der Waals surface area (Å²) in [7, 11) is 2.20. The number of benzene rings is 2. The first kappa shape index (κ1) is 25.8. The average molecular weight is 558 g/mol. The molecule has 11 heteroatoms. The summed E-state index contributed by atoms with van der Waals surface area (Å²) in [6.07, 6.45) is 8.30. The van der Waals surface area contributed by atoms with E-state index in [1.165, 1.54) is 18.9 Å². The van der Waals surface area contributed by atoms with E-state index in [9.17, 15) is 8.78 Å². The van der Waals surface area contributed by atoms with Crippen molar-refractivity contribution in [3.63, 3.8) is 0 Å². The number of nitrogens with two attached hydrogens (primary N) is 1. The van der Waals surface area contributed by atoms with Crippen molar-refractivity contribution in [3.8, 4) is 11.1 Å². The highest BCUT2D eigenvalue weighted by atomic mass is 19.2. The monoisotopic (exact) mass is 557 g/mol. The molecule has 1 aliphatic heterocycles. The second-order valence-corrected chi connectivity index (χ2v) is 11.3. The predicted octanol–water partition coefficient (Wildman–Crippen LogP) is 5.31. The minimum atomic E-state index is -0.942. The van der Waals surface area contributed by atoms with Gasteiger partial charge in [-0.3, -0.25) is 4.90 Å². The number of hydrogen-bond acceptors (Lipinski definition) is 7. The molecule has 41 heavy (non-hydrogen) atoms. The second kappa shape index (κ2) is 10.4. The van der Waals surface area contributed by atoms with Gasteiger partial charge in [0.05, 0.1) is 10.9 Å². The molecular weight excluding hydrogens is 524 g/mol. The van der Waals surface area contributed by atoms with E-state index in [2.05, 4.69) is 52.9 Å². The highest BCUT2D eigenvalue weighted by molar-refractivity contribution is 6.00. The number of hydrogen-bond donors (Lipinski definition) is 3. The number of rotatable bonds is 5. The fourth-order valence-electron chi connectivity index (χ4n) is 6.44. The van der Waals surface area contributed by atoms with Crippen molar-refractivity contribution in [2.75, 3.05) is 44.3 Å². The Balaban J connectivity index is 1.12. The number of halogens is 2. The lowest BCUT2D eigenvalue weighted by Gasteiger charge is -2.41. The number of likely N-dealkylation sites (N-methyl/N-ethyl adjacent to an activating group) is 1. The van der Waals surface area contributed by atoms with Gasteiger partial charge in [0.2, 0.25) is 5.95 Å². The van der Waals surface area contributed by atoms with Crippen LogP contribution in [0.2, 0.25) is 0 Å². The van der Waals surface area contributed by atoms with Crippen LogP contribution in [-0.4, -0.2) is 73.6 Å². The van der Waals surface area contributed by atoms with Crippen LogP contribution in [0.3, 0.4) is 0 Å². The van der Waals surface area contributed by atoms with E-state index < -0.39 is 11.6 Å². The summed E-state index contributed by atoms with van der Waals surface area (Å²) in [6.45, 7) is 4.60. The minimum absolute atomic E-state index is 0.0324. The van der Waals surface area contributed by atoms with Crippen molar-refractivity contribution in [1.82, 2.24) is 34.3 Å². The molecule has 0 radical (unpaired) electrons. The molecule has 3 aromatic heterocycles. The van der Waals surface area contributed by atoms with Crippen LogP contribution in [0.4, 0.5) is 26.2 Å². The molecular formula is C30H33F2N9. The Bertz CT molecular complexity index is 1700. The maximum Gasteiger partial charge on any atom is 0.205 e. The summed E-state index contributed by atoms with van der Waals surface area (Å²) in [5.41, 5.74) is 10.4. The van der Waals surface area contributed by atoms with E-state index in [-0.39, 0.29) is 5.52 Å². The van der Waals surface area contributed by atoms with Gasteiger partial charge in [-0.1, -0.05) is 12.1 Å². The number of nitrogens with zero attached hydrogens (tertiary/aromatic N) is 6. The van der Waals surface area contributed by atoms with Crippen LogP contribution in [0.15, 0.2) is 48.9 Å². The van der Waals surface area contributed by atoms with Crippen LogP contribution in [0.25, 0.3) is 33.2 Å². The predicted molar refractivity (Wildman–Crippen MR) is 157 cm³/mol. The van der Waals surface area contributed by atoms with Crippen molar-refractivity contribution in [1.29, 1.82) is 0 Å². The van der Waals surface area contributed by atoms with Crippen molar-refractivity contribution in [3.05, 3.63) is 60.6 Å². The topological polar surface area (TPSA) is 104 Å². The zero-order valence-electron chi connectivity index (χ0n) is 22.9. The molecule has 2 aromatic carbocycles. The standard InChI is InChI=1S/C30H33F2N9/c1-39-12-14-40(15-13-39)20-6-8-21(9-7-20)41-16-22(25-28(33)34-17-35-29(25)41)18-2-4-19(5-3-18)36-30-37-24-11-10-23(31)26(32)27(24)38-30/h2-5,10-11,16-17,20-21H,6-9,12-15H2,1H3,(H2,33,34,35)(H2,36,37,38)/t20-,21+. The van der Waals surface area contributed by atoms with Crippen molar-refractivity contribution in [2.45, 2.75) is 37.8 Å². The Morgan fingerprint density at radius 2 is 1.66 bits per heavy atom. The molecule has 0 atom stereocenters. The molecule has 0 unspecified atom stereocenters. The zero-order chi connectivity index (χ0) is 28.1. The first-order chi connectivity index (χ1) is 19.9. The average Bonchev–Trinajstić information content (AvgIpc) is 3.59. The Morgan fingerprint density at radius 1 is 0.927 bits per heavy atom. The van der Waals surface area contributed by atoms with Crippen LogP contribution >= 0.6 is 0 Å². The van der Waals surface area contributed by atoms with Gasteiger partial charge >= 0.3 is 0 Å². The molecule has 0 amide bonds. The first-order valence-corrected chi connectivity index (χ1v) is 14.2. The number of aromatic amines is 1. The van der Waals surface area contributed by atoms with Crippen LogP contribution in [0.5, 0.6) is 0 Å². The Hall–Kier alpha value is -4.09. The third kappa shape index (κ3) is 4.78. The number of H-pyrrole nitrogens is 1. The van der Waals surface area contributed by atoms with Gasteiger partial charge in [0.15, 0.2) is 11.6 Å². The molecule has 1 aliphatic carbocycles. The molecule has 0 spiro atoms. The normalized spacial score (nSPS) is 20.7. The summed E-state index contributed by atoms with van der Waals surface area (Å²) < 4.78 is 30.0. The fourth-order valence-corrected chi connectivity index (χ4v) is 6.44. The summed E-state index contributed by atoms with van der Waals surface area (Å²) in [5, 5.41) is 4.01. The minimum Gasteiger partial charge on any atom is -0.383 e. The van der Waals surface area contributed by atoms with Gasteiger partial charge in [-0.2, -0.15) is 0 Å². The van der Waals surface area contributed by atoms with Gasteiger partial charge in [0, 0.05) is 55.7 Å². The van der Waals surface area contributed by atoms with E-state index in [4.69, 9.17) is 5.73 Å². The maximum atomic E-state index is 14.1. The number of aromatic nitrogens is 5. The van der Waals surface area contributed by atoms with Gasteiger partial charge in [0.1, 0.15) is 23.3 Å². The van der Waals surface area contributed by atoms with Gasteiger partial charge in [-0.15, -0.1) is 0 Å². The van der Waals surface area contributed by atoms with Crippen LogP contribution < -0.4 is 11.1 Å². The van der Waals surface area contributed by atoms with Crippen LogP contribution in [-0.2, 0) is 0 Å². The number of nitrogen functional groups attached to an aromatic ring is 1. The highest BCUT2D eigenvalue weighted by Crippen LogP contribution is 2.39. The Kier molecular flexibility index (Phi) is 6.55. The lowest BCUT2D eigenvalue weighted by atomic mass is 9.89. The summed E-state index contributed by atoms with van der Waals surface area (Å²) in [5.74, 6) is -1.06. The molecule has 7 rings (SSSR count). The molecule has 9 nitrogen and oxygen atoms in total. The summed E-state index contributed by atoms with van der Waals surface area (Å²) in [4.78, 5) is 21.2. The van der Waals surface area contributed by atoms with E-state index in [0.717, 1.165) is 72.9 Å². The smallest absolute Gasteiger partial charge is 0.205 e. The van der Waals surface area contributed by atoms with E-state index >= 15 is 0 Å². The van der Waals surface area contributed by atoms with E-state index in [1.807, 2.05) is 24.3 Å². The van der Waals surface area contributed by atoms with Gasteiger partial charge in [-0.05, 0) is 62.6 Å². The molecule has 4 N–H and O–H groups in total. The fraction of sp³-hybridized carbons (Fsp3) is 0.367. The van der Waals surface area contributed by atoms with Crippen LogP contribution in [0, 0.1) is 11.6 Å². The molecule has 1 saturated carbocycles. The van der Waals surface area contributed by atoms with E-state index in [0.29, 0.717) is 29.4 Å². The zero-order valence-corrected chi connectivity index (χ0v) is 22.9. The second-order valence-electron chi connectivity index (χ2n) is 11.3. The molecule has 2 fully saturated rings. The molecule has 1 saturated heterocycles. The van der Waals surface area contributed by atoms with Crippen molar-refractivity contribution < 1.29 is 8.78 Å².